The highest BCUT2D eigenvalue weighted by atomic mass is 32.2. The molecule has 24 heavy (non-hydrogen) atoms. The molecule has 0 N–H and O–H groups in total. The van der Waals surface area contributed by atoms with Crippen LogP contribution < -0.4 is 0 Å². The molecule has 0 amide bonds. The smallest absolute Gasteiger partial charge is 0.243 e. The van der Waals surface area contributed by atoms with Crippen LogP contribution in [0.3, 0.4) is 0 Å². The Morgan fingerprint density at radius 1 is 1.00 bits per heavy atom. The summed E-state index contributed by atoms with van der Waals surface area (Å²) in [5, 5.41) is 0. The normalized spacial score (nSPS) is 21.6. The molecule has 5 heteroatoms. The highest BCUT2D eigenvalue weighted by molar-refractivity contribution is 7.89. The lowest BCUT2D eigenvalue weighted by Crippen LogP contribution is -2.45. The van der Waals surface area contributed by atoms with E-state index >= 15 is 0 Å². The number of rotatable bonds is 5. The first-order valence-electron chi connectivity index (χ1n) is 9.30. The van der Waals surface area contributed by atoms with Gasteiger partial charge in [-0.2, -0.15) is 4.31 Å². The summed E-state index contributed by atoms with van der Waals surface area (Å²) in [7, 11) is -3.34. The number of hydrogen-bond acceptors (Lipinski definition) is 3. The summed E-state index contributed by atoms with van der Waals surface area (Å²) in [5.41, 5.74) is 1.21. The summed E-state index contributed by atoms with van der Waals surface area (Å²) in [5.74, 6) is 0.581. The molecule has 0 unspecified atom stereocenters. The topological polar surface area (TPSA) is 40.6 Å². The van der Waals surface area contributed by atoms with Crippen molar-refractivity contribution < 1.29 is 8.42 Å². The minimum atomic E-state index is -3.34. The van der Waals surface area contributed by atoms with Crippen LogP contribution in [0.25, 0.3) is 0 Å². The third kappa shape index (κ3) is 4.01. The van der Waals surface area contributed by atoms with Gasteiger partial charge < -0.3 is 4.90 Å². The molecule has 0 spiro atoms. The Labute approximate surface area is 146 Å². The van der Waals surface area contributed by atoms with Crippen LogP contribution in [0.4, 0.5) is 0 Å². The van der Waals surface area contributed by atoms with Crippen LogP contribution in [0.2, 0.25) is 0 Å². The second kappa shape index (κ2) is 7.54. The summed E-state index contributed by atoms with van der Waals surface area (Å²) < 4.78 is 27.4. The number of hydrogen-bond donors (Lipinski definition) is 0. The van der Waals surface area contributed by atoms with E-state index in [2.05, 4.69) is 18.7 Å². The van der Waals surface area contributed by atoms with Crippen molar-refractivity contribution in [3.05, 3.63) is 29.8 Å². The molecule has 2 aliphatic rings. The average molecular weight is 351 g/mol. The van der Waals surface area contributed by atoms with Gasteiger partial charge in [-0.05, 0) is 68.8 Å². The predicted molar refractivity (Wildman–Crippen MR) is 97.6 cm³/mol. The van der Waals surface area contributed by atoms with E-state index in [1.54, 1.807) is 16.4 Å². The minimum absolute atomic E-state index is 0.439. The maximum Gasteiger partial charge on any atom is 0.243 e. The molecule has 0 saturated carbocycles. The minimum Gasteiger partial charge on any atom is -0.300 e. The van der Waals surface area contributed by atoms with Crippen LogP contribution >= 0.6 is 0 Å². The van der Waals surface area contributed by atoms with Gasteiger partial charge in [0.05, 0.1) is 4.90 Å². The van der Waals surface area contributed by atoms with Gasteiger partial charge in [0.2, 0.25) is 10.0 Å². The molecule has 1 aromatic rings. The Morgan fingerprint density at radius 2 is 1.58 bits per heavy atom. The van der Waals surface area contributed by atoms with Gasteiger partial charge in [0.15, 0.2) is 0 Å². The molecule has 2 aliphatic heterocycles. The third-order valence-corrected chi connectivity index (χ3v) is 7.20. The molecule has 0 aromatic heterocycles. The van der Waals surface area contributed by atoms with Crippen molar-refractivity contribution in [3.8, 4) is 0 Å². The lowest BCUT2D eigenvalue weighted by molar-refractivity contribution is 0.168. The summed E-state index contributed by atoms with van der Waals surface area (Å²) in [6.07, 6.45) is 5.50. The second-order valence-electron chi connectivity index (χ2n) is 7.62. The third-order valence-electron chi connectivity index (χ3n) is 5.29. The number of sulfonamides is 1. The van der Waals surface area contributed by atoms with Crippen LogP contribution in [0.15, 0.2) is 29.2 Å². The van der Waals surface area contributed by atoms with Crippen molar-refractivity contribution in [1.82, 2.24) is 9.21 Å². The Morgan fingerprint density at radius 3 is 2.12 bits per heavy atom. The molecule has 0 bridgehead atoms. The van der Waals surface area contributed by atoms with Gasteiger partial charge in [-0.3, -0.25) is 0 Å². The number of piperidine rings is 1. The fourth-order valence-corrected chi connectivity index (χ4v) is 5.44. The Hall–Kier alpha value is -0.910. The van der Waals surface area contributed by atoms with E-state index in [1.807, 2.05) is 12.1 Å². The summed E-state index contributed by atoms with van der Waals surface area (Å²) in [4.78, 5) is 2.99. The lowest BCUT2D eigenvalue weighted by Gasteiger charge is -2.36. The van der Waals surface area contributed by atoms with E-state index in [0.29, 0.717) is 29.9 Å². The molecule has 134 valence electrons. The zero-order valence-corrected chi connectivity index (χ0v) is 15.8. The van der Waals surface area contributed by atoms with Gasteiger partial charge in [-0.1, -0.05) is 26.0 Å². The van der Waals surface area contributed by atoms with E-state index in [1.165, 1.54) is 31.5 Å². The zero-order valence-electron chi connectivity index (χ0n) is 14.9. The molecular weight excluding hydrogens is 320 g/mol. The maximum atomic E-state index is 12.9. The number of likely N-dealkylation sites (tertiary alicyclic amines) is 1. The van der Waals surface area contributed by atoms with Crippen LogP contribution in [-0.2, 0) is 16.4 Å². The first-order chi connectivity index (χ1) is 11.5. The SMILES string of the molecule is CC(C)Cc1ccc(S(=O)(=O)N2CCC(N3CCCC3)CC2)cc1. The van der Waals surface area contributed by atoms with Crippen molar-refractivity contribution in [1.29, 1.82) is 0 Å². The Balaban J connectivity index is 1.63. The van der Waals surface area contributed by atoms with Crippen LogP contribution in [-0.4, -0.2) is 49.8 Å². The molecule has 2 heterocycles. The maximum absolute atomic E-state index is 12.9. The van der Waals surface area contributed by atoms with Crippen LogP contribution in [0.5, 0.6) is 0 Å². The van der Waals surface area contributed by atoms with E-state index in [9.17, 15) is 8.42 Å². The molecule has 0 radical (unpaired) electrons. The van der Waals surface area contributed by atoms with Gasteiger partial charge >= 0.3 is 0 Å². The molecule has 2 fully saturated rings. The van der Waals surface area contributed by atoms with Crippen molar-refractivity contribution >= 4 is 10.0 Å². The van der Waals surface area contributed by atoms with E-state index in [4.69, 9.17) is 0 Å². The molecule has 0 aliphatic carbocycles. The van der Waals surface area contributed by atoms with Crippen molar-refractivity contribution in [3.63, 3.8) is 0 Å². The first kappa shape index (κ1) is 17.9. The van der Waals surface area contributed by atoms with Gasteiger partial charge in [0.1, 0.15) is 0 Å². The zero-order chi connectivity index (χ0) is 17.2. The lowest BCUT2D eigenvalue weighted by atomic mass is 10.0. The van der Waals surface area contributed by atoms with Crippen molar-refractivity contribution in [2.45, 2.75) is 56.9 Å². The van der Waals surface area contributed by atoms with E-state index in [0.717, 1.165) is 19.3 Å². The van der Waals surface area contributed by atoms with Crippen molar-refractivity contribution in [2.75, 3.05) is 26.2 Å². The van der Waals surface area contributed by atoms with Crippen molar-refractivity contribution in [2.24, 2.45) is 5.92 Å². The van der Waals surface area contributed by atoms with Gasteiger partial charge in [-0.15, -0.1) is 0 Å². The molecule has 1 aromatic carbocycles. The monoisotopic (exact) mass is 350 g/mol. The fourth-order valence-electron chi connectivity index (χ4n) is 3.97. The second-order valence-corrected chi connectivity index (χ2v) is 9.56. The number of nitrogens with zero attached hydrogens (tertiary/aromatic N) is 2. The average Bonchev–Trinajstić information content (AvgIpc) is 3.09. The molecular formula is C19H30N2O2S. The fraction of sp³-hybridized carbons (Fsp3) is 0.684. The Kier molecular flexibility index (Phi) is 5.63. The quantitative estimate of drug-likeness (QED) is 0.819. The van der Waals surface area contributed by atoms with Gasteiger partial charge in [0, 0.05) is 19.1 Å². The number of benzene rings is 1. The Bertz CT molecular complexity index is 626. The van der Waals surface area contributed by atoms with Gasteiger partial charge in [-0.25, -0.2) is 8.42 Å². The molecule has 2 saturated heterocycles. The van der Waals surface area contributed by atoms with E-state index in [-0.39, 0.29) is 0 Å². The summed E-state index contributed by atoms with van der Waals surface area (Å²) in [6.45, 7) is 8.03. The predicted octanol–water partition coefficient (Wildman–Crippen LogP) is 3.13. The largest absolute Gasteiger partial charge is 0.300 e. The molecule has 3 rings (SSSR count). The van der Waals surface area contributed by atoms with E-state index < -0.39 is 10.0 Å². The van der Waals surface area contributed by atoms with Crippen LogP contribution in [0, 0.1) is 5.92 Å². The molecule has 4 nitrogen and oxygen atoms in total. The summed E-state index contributed by atoms with van der Waals surface area (Å²) in [6, 6.07) is 8.06. The highest BCUT2D eigenvalue weighted by Crippen LogP contribution is 2.25. The highest BCUT2D eigenvalue weighted by Gasteiger charge is 2.32. The molecule has 0 atom stereocenters. The summed E-state index contributed by atoms with van der Waals surface area (Å²) >= 11 is 0. The van der Waals surface area contributed by atoms with Gasteiger partial charge in [0.25, 0.3) is 0 Å². The first-order valence-corrected chi connectivity index (χ1v) is 10.7. The standard InChI is InChI=1S/C19H30N2O2S/c1-16(2)15-17-5-7-19(8-6-17)24(22,23)21-13-9-18(10-14-21)20-11-3-4-12-20/h5-8,16,18H,3-4,9-15H2,1-2H3. The van der Waals surface area contributed by atoms with Crippen LogP contribution in [0.1, 0.15) is 45.1 Å².